The molecule has 0 aromatic heterocycles. The van der Waals surface area contributed by atoms with E-state index in [0.29, 0.717) is 12.2 Å². The number of rotatable bonds is 3. The summed E-state index contributed by atoms with van der Waals surface area (Å²) >= 11 is 6.01. The molecule has 21 heavy (non-hydrogen) atoms. The molecule has 7 heteroatoms. The summed E-state index contributed by atoms with van der Waals surface area (Å²) in [6.45, 7) is 1.66. The number of piperidine rings is 1. The average molecular weight is 333 g/mol. The van der Waals surface area contributed by atoms with Crippen LogP contribution in [0.3, 0.4) is 0 Å². The van der Waals surface area contributed by atoms with Gasteiger partial charge in [0.1, 0.15) is 0 Å². The number of benzene rings is 1. The van der Waals surface area contributed by atoms with E-state index in [9.17, 15) is 9.59 Å². The smallest absolute Gasteiger partial charge is 0.339 e. The van der Waals surface area contributed by atoms with Crippen LogP contribution in [0, 0.1) is 5.92 Å². The summed E-state index contributed by atoms with van der Waals surface area (Å²) in [6, 6.07) is 4.75. The molecule has 1 unspecified atom stereocenters. The van der Waals surface area contributed by atoms with E-state index in [1.165, 1.54) is 7.11 Å². The predicted octanol–water partition coefficient (Wildman–Crippen LogP) is 2.49. The van der Waals surface area contributed by atoms with Gasteiger partial charge in [-0.25, -0.2) is 4.79 Å². The second-order valence-electron chi connectivity index (χ2n) is 4.72. The van der Waals surface area contributed by atoms with Crippen molar-refractivity contribution in [1.29, 1.82) is 0 Å². The van der Waals surface area contributed by atoms with Crippen molar-refractivity contribution in [1.82, 2.24) is 5.32 Å². The zero-order chi connectivity index (χ0) is 14.5. The van der Waals surface area contributed by atoms with Crippen molar-refractivity contribution >= 4 is 41.6 Å². The van der Waals surface area contributed by atoms with Crippen molar-refractivity contribution in [2.45, 2.75) is 12.8 Å². The molecule has 1 aromatic rings. The molecule has 1 saturated heterocycles. The monoisotopic (exact) mass is 332 g/mol. The van der Waals surface area contributed by atoms with Crippen molar-refractivity contribution in [2.75, 3.05) is 25.5 Å². The van der Waals surface area contributed by atoms with E-state index in [-0.39, 0.29) is 34.8 Å². The second kappa shape index (κ2) is 8.22. The van der Waals surface area contributed by atoms with Gasteiger partial charge in [0.05, 0.1) is 23.6 Å². The highest BCUT2D eigenvalue weighted by Crippen LogP contribution is 2.22. The fraction of sp³-hybridized carbons (Fsp3) is 0.429. The molecule has 2 N–H and O–H groups in total. The van der Waals surface area contributed by atoms with E-state index in [1.807, 2.05) is 0 Å². The molecular weight excluding hydrogens is 315 g/mol. The van der Waals surface area contributed by atoms with Crippen molar-refractivity contribution in [2.24, 2.45) is 5.92 Å². The van der Waals surface area contributed by atoms with Crippen LogP contribution in [0.5, 0.6) is 0 Å². The zero-order valence-corrected chi connectivity index (χ0v) is 13.2. The van der Waals surface area contributed by atoms with E-state index < -0.39 is 5.97 Å². The van der Waals surface area contributed by atoms with Gasteiger partial charge in [-0.05, 0) is 37.6 Å². The third-order valence-corrected chi connectivity index (χ3v) is 3.62. The number of carbonyl (C=O) groups excluding carboxylic acids is 2. The fourth-order valence-corrected chi connectivity index (χ4v) is 2.45. The first-order valence-corrected chi connectivity index (χ1v) is 6.89. The van der Waals surface area contributed by atoms with Crippen molar-refractivity contribution in [3.05, 3.63) is 28.8 Å². The fourth-order valence-electron chi connectivity index (χ4n) is 2.19. The first-order valence-electron chi connectivity index (χ1n) is 6.51. The maximum absolute atomic E-state index is 12.1. The van der Waals surface area contributed by atoms with Gasteiger partial charge in [-0.15, -0.1) is 12.4 Å². The predicted molar refractivity (Wildman–Crippen MR) is 84.3 cm³/mol. The molecule has 1 amide bonds. The third-order valence-electron chi connectivity index (χ3n) is 3.31. The highest BCUT2D eigenvalue weighted by Gasteiger charge is 2.21. The van der Waals surface area contributed by atoms with Crippen LogP contribution in [0.4, 0.5) is 5.69 Å². The summed E-state index contributed by atoms with van der Waals surface area (Å²) in [4.78, 5) is 23.5. The number of nitrogens with one attached hydrogen (secondary N) is 2. The number of amides is 1. The van der Waals surface area contributed by atoms with Gasteiger partial charge in [-0.1, -0.05) is 11.6 Å². The second-order valence-corrected chi connectivity index (χ2v) is 5.13. The van der Waals surface area contributed by atoms with Crippen LogP contribution in [0.25, 0.3) is 0 Å². The number of halogens is 2. The summed E-state index contributed by atoms with van der Waals surface area (Å²) in [6.07, 6.45) is 1.88. The molecule has 1 heterocycles. The molecule has 1 aliphatic rings. The molecule has 2 rings (SSSR count). The molecule has 1 aliphatic heterocycles. The van der Waals surface area contributed by atoms with Gasteiger partial charge >= 0.3 is 5.97 Å². The largest absolute Gasteiger partial charge is 0.465 e. The summed E-state index contributed by atoms with van der Waals surface area (Å²) in [5.74, 6) is -0.550. The molecule has 0 radical (unpaired) electrons. The standard InChI is InChI=1S/C14H17ClN2O3.ClH/c1-20-14(19)11-5-4-10(7-12(11)15)17-13(18)9-3-2-6-16-8-9;/h4-5,7,9,16H,2-3,6,8H2,1H3,(H,17,18);1H. The Morgan fingerprint density at radius 3 is 2.76 bits per heavy atom. The van der Waals surface area contributed by atoms with Crippen molar-refractivity contribution in [3.63, 3.8) is 0 Å². The molecule has 116 valence electrons. The Balaban J connectivity index is 0.00000220. The van der Waals surface area contributed by atoms with Crippen LogP contribution in [-0.2, 0) is 9.53 Å². The first-order chi connectivity index (χ1) is 9.61. The van der Waals surface area contributed by atoms with E-state index in [4.69, 9.17) is 11.6 Å². The molecule has 0 aliphatic carbocycles. The number of hydrogen-bond donors (Lipinski definition) is 2. The van der Waals surface area contributed by atoms with Crippen LogP contribution in [0.15, 0.2) is 18.2 Å². The Hall–Kier alpha value is -1.30. The zero-order valence-electron chi connectivity index (χ0n) is 11.6. The highest BCUT2D eigenvalue weighted by atomic mass is 35.5. The molecule has 1 aromatic carbocycles. The summed E-state index contributed by atoms with van der Waals surface area (Å²) < 4.78 is 4.61. The van der Waals surface area contributed by atoms with Crippen LogP contribution >= 0.6 is 24.0 Å². The SMILES string of the molecule is COC(=O)c1ccc(NC(=O)C2CCCNC2)cc1Cl.Cl. The van der Waals surface area contributed by atoms with Gasteiger partial charge in [0.15, 0.2) is 0 Å². The van der Waals surface area contributed by atoms with E-state index in [2.05, 4.69) is 15.4 Å². The molecule has 1 atom stereocenters. The van der Waals surface area contributed by atoms with Crippen molar-refractivity contribution < 1.29 is 14.3 Å². The topological polar surface area (TPSA) is 67.4 Å². The molecule has 0 bridgehead atoms. The summed E-state index contributed by atoms with van der Waals surface area (Å²) in [7, 11) is 1.30. The summed E-state index contributed by atoms with van der Waals surface area (Å²) in [5, 5.41) is 6.28. The van der Waals surface area contributed by atoms with Gasteiger partial charge < -0.3 is 15.4 Å². The summed E-state index contributed by atoms with van der Waals surface area (Å²) in [5.41, 5.74) is 0.865. The number of anilines is 1. The van der Waals surface area contributed by atoms with E-state index in [0.717, 1.165) is 19.4 Å². The lowest BCUT2D eigenvalue weighted by Crippen LogP contribution is -2.37. The Morgan fingerprint density at radius 2 is 2.19 bits per heavy atom. The third kappa shape index (κ3) is 4.59. The molecule has 5 nitrogen and oxygen atoms in total. The van der Waals surface area contributed by atoms with E-state index >= 15 is 0 Å². The molecule has 0 spiro atoms. The van der Waals surface area contributed by atoms with Crippen LogP contribution in [0.2, 0.25) is 5.02 Å². The lowest BCUT2D eigenvalue weighted by Gasteiger charge is -2.22. The van der Waals surface area contributed by atoms with Gasteiger partial charge in [-0.3, -0.25) is 4.79 Å². The van der Waals surface area contributed by atoms with Crippen molar-refractivity contribution in [3.8, 4) is 0 Å². The van der Waals surface area contributed by atoms with E-state index in [1.54, 1.807) is 18.2 Å². The number of ether oxygens (including phenoxy) is 1. The lowest BCUT2D eigenvalue weighted by atomic mass is 9.99. The highest BCUT2D eigenvalue weighted by molar-refractivity contribution is 6.34. The van der Waals surface area contributed by atoms with Gasteiger partial charge in [0, 0.05) is 12.2 Å². The minimum atomic E-state index is -0.496. The minimum Gasteiger partial charge on any atom is -0.465 e. The van der Waals surface area contributed by atoms with Gasteiger partial charge in [0.25, 0.3) is 0 Å². The maximum Gasteiger partial charge on any atom is 0.339 e. The Kier molecular flexibility index (Phi) is 6.95. The van der Waals surface area contributed by atoms with Gasteiger partial charge in [-0.2, -0.15) is 0 Å². The lowest BCUT2D eigenvalue weighted by molar-refractivity contribution is -0.120. The van der Waals surface area contributed by atoms with Gasteiger partial charge in [0.2, 0.25) is 5.91 Å². The maximum atomic E-state index is 12.1. The number of esters is 1. The number of carbonyl (C=O) groups is 2. The average Bonchev–Trinajstić information content (AvgIpc) is 2.47. The Labute approximate surface area is 134 Å². The molecule has 1 fully saturated rings. The molecular formula is C14H18Cl2N2O3. The Bertz CT molecular complexity index is 517. The van der Waals surface area contributed by atoms with Crippen LogP contribution < -0.4 is 10.6 Å². The normalized spacial score (nSPS) is 17.5. The molecule has 0 saturated carbocycles. The van der Waals surface area contributed by atoms with Crippen LogP contribution in [-0.4, -0.2) is 32.1 Å². The van der Waals surface area contributed by atoms with Crippen LogP contribution in [0.1, 0.15) is 23.2 Å². The first kappa shape index (κ1) is 17.8. The number of hydrogen-bond acceptors (Lipinski definition) is 4. The minimum absolute atomic E-state index is 0. The number of methoxy groups -OCH3 is 1. The Morgan fingerprint density at radius 1 is 1.43 bits per heavy atom. The quantitative estimate of drug-likeness (QED) is 0.834.